The number of amides is 1. The van der Waals surface area contributed by atoms with Crippen LogP contribution in [0.15, 0.2) is 34.7 Å². The van der Waals surface area contributed by atoms with E-state index >= 15 is 0 Å². The van der Waals surface area contributed by atoms with Gasteiger partial charge in [0.2, 0.25) is 11.8 Å². The smallest absolute Gasteiger partial charge is 0.253 e. The normalized spacial score (nSPS) is 28.4. The maximum atomic E-state index is 12.9. The van der Waals surface area contributed by atoms with Crippen LogP contribution in [-0.2, 0) is 17.8 Å². The summed E-state index contributed by atoms with van der Waals surface area (Å²) in [4.78, 5) is 15.1. The van der Waals surface area contributed by atoms with E-state index in [0.717, 1.165) is 24.1 Å². The van der Waals surface area contributed by atoms with E-state index in [9.17, 15) is 4.79 Å². The Morgan fingerprint density at radius 2 is 1.71 bits per heavy atom. The van der Waals surface area contributed by atoms with Gasteiger partial charge in [-0.25, -0.2) is 0 Å². The highest BCUT2D eigenvalue weighted by Gasteiger charge is 2.43. The maximum absolute atomic E-state index is 12.9. The lowest BCUT2D eigenvalue weighted by Crippen LogP contribution is -2.42. The summed E-state index contributed by atoms with van der Waals surface area (Å²) < 4.78 is 11.3. The standard InChI is InChI=1S/C22H27N3O3/c26-22(25-13-17-9-15-8-16(10-17)12-18(25)11-15)7-6-20-23-24-21(28-20)14-27-19-4-2-1-3-5-19/h1-5,15-18H,6-14H2. The largest absolute Gasteiger partial charge is 0.484 e. The summed E-state index contributed by atoms with van der Waals surface area (Å²) in [7, 11) is 0. The van der Waals surface area contributed by atoms with Crippen molar-refractivity contribution < 1.29 is 13.9 Å². The Balaban J connectivity index is 1.14. The third kappa shape index (κ3) is 3.77. The molecule has 2 aromatic rings. The van der Waals surface area contributed by atoms with Gasteiger partial charge in [0.1, 0.15) is 5.75 Å². The first kappa shape index (κ1) is 17.7. The summed E-state index contributed by atoms with van der Waals surface area (Å²) in [6.07, 6.45) is 7.40. The quantitative estimate of drug-likeness (QED) is 0.764. The Morgan fingerprint density at radius 1 is 1.00 bits per heavy atom. The molecule has 4 fully saturated rings. The molecule has 6 nitrogen and oxygen atoms in total. The minimum Gasteiger partial charge on any atom is -0.484 e. The van der Waals surface area contributed by atoms with Crippen LogP contribution in [0.5, 0.6) is 5.75 Å². The first-order valence-corrected chi connectivity index (χ1v) is 10.5. The predicted molar refractivity (Wildman–Crippen MR) is 102 cm³/mol. The van der Waals surface area contributed by atoms with Crippen molar-refractivity contribution in [3.8, 4) is 5.75 Å². The number of fused-ring (bicyclic) bond motifs is 1. The second-order valence-corrected chi connectivity index (χ2v) is 8.67. The summed E-state index contributed by atoms with van der Waals surface area (Å²) >= 11 is 0. The minimum atomic E-state index is 0.240. The maximum Gasteiger partial charge on any atom is 0.253 e. The Bertz CT molecular complexity index is 807. The lowest BCUT2D eigenvalue weighted by Gasteiger charge is -2.39. The molecule has 148 valence electrons. The van der Waals surface area contributed by atoms with Gasteiger partial charge in [0.05, 0.1) is 0 Å². The Hall–Kier alpha value is -2.37. The number of ether oxygens (including phenoxy) is 1. The number of carbonyl (C=O) groups is 1. The van der Waals surface area contributed by atoms with Gasteiger partial charge in [0, 0.05) is 25.4 Å². The molecule has 2 atom stereocenters. The summed E-state index contributed by atoms with van der Waals surface area (Å²) in [5, 5.41) is 8.12. The first-order chi connectivity index (χ1) is 13.7. The average molecular weight is 381 g/mol. The molecule has 6 heteroatoms. The molecule has 1 aromatic carbocycles. The molecule has 1 amide bonds. The summed E-state index contributed by atoms with van der Waals surface area (Å²) in [6.45, 7) is 1.19. The summed E-state index contributed by atoms with van der Waals surface area (Å²) in [5.74, 6) is 4.39. The molecule has 28 heavy (non-hydrogen) atoms. The van der Waals surface area contributed by atoms with Gasteiger partial charge in [0.15, 0.2) is 6.61 Å². The van der Waals surface area contributed by atoms with E-state index in [1.54, 1.807) is 0 Å². The second-order valence-electron chi connectivity index (χ2n) is 8.67. The van der Waals surface area contributed by atoms with Crippen molar-refractivity contribution in [2.45, 2.75) is 57.6 Å². The van der Waals surface area contributed by atoms with Crippen molar-refractivity contribution in [1.82, 2.24) is 15.1 Å². The first-order valence-electron chi connectivity index (χ1n) is 10.5. The van der Waals surface area contributed by atoms with Crippen LogP contribution in [0, 0.1) is 17.8 Å². The third-order valence-electron chi connectivity index (χ3n) is 6.59. The van der Waals surface area contributed by atoms with Crippen LogP contribution < -0.4 is 4.74 Å². The van der Waals surface area contributed by atoms with Crippen LogP contribution in [-0.4, -0.2) is 33.6 Å². The van der Waals surface area contributed by atoms with Gasteiger partial charge >= 0.3 is 0 Å². The molecule has 6 rings (SSSR count). The fourth-order valence-electron chi connectivity index (χ4n) is 5.56. The summed E-state index contributed by atoms with van der Waals surface area (Å²) in [6, 6.07) is 10.0. The lowest BCUT2D eigenvalue weighted by atomic mass is 9.68. The SMILES string of the molecule is O=C(CCc1nnc(COc2ccccc2)o1)N1CC2CC3CC(C2)CC1C3. The van der Waals surface area contributed by atoms with Gasteiger partial charge in [-0.2, -0.15) is 0 Å². The zero-order valence-electron chi connectivity index (χ0n) is 16.1. The lowest BCUT2D eigenvalue weighted by molar-refractivity contribution is -0.134. The van der Waals surface area contributed by atoms with Crippen LogP contribution in [0.1, 0.15) is 50.3 Å². The molecule has 2 aliphatic heterocycles. The molecule has 0 N–H and O–H groups in total. The molecule has 0 spiro atoms. The molecular formula is C22H27N3O3. The highest BCUT2D eigenvalue weighted by Crippen LogP contribution is 2.47. The molecule has 2 unspecified atom stereocenters. The molecular weight excluding hydrogens is 354 g/mol. The van der Waals surface area contributed by atoms with Gasteiger partial charge < -0.3 is 14.1 Å². The van der Waals surface area contributed by atoms with Crippen molar-refractivity contribution >= 4 is 5.91 Å². The topological polar surface area (TPSA) is 68.5 Å². The summed E-state index contributed by atoms with van der Waals surface area (Å²) in [5.41, 5.74) is 0. The Kier molecular flexibility index (Phi) is 4.79. The van der Waals surface area contributed by atoms with Crippen LogP contribution in [0.3, 0.4) is 0 Å². The van der Waals surface area contributed by atoms with Crippen molar-refractivity contribution in [3.63, 3.8) is 0 Å². The second kappa shape index (κ2) is 7.57. The van der Waals surface area contributed by atoms with Gasteiger partial charge in [-0.1, -0.05) is 18.2 Å². The number of nitrogens with zero attached hydrogens (tertiary/aromatic N) is 3. The van der Waals surface area contributed by atoms with E-state index in [2.05, 4.69) is 15.1 Å². The minimum absolute atomic E-state index is 0.240. The van der Waals surface area contributed by atoms with E-state index in [-0.39, 0.29) is 12.5 Å². The third-order valence-corrected chi connectivity index (χ3v) is 6.59. The van der Waals surface area contributed by atoms with Crippen molar-refractivity contribution in [1.29, 1.82) is 0 Å². The van der Waals surface area contributed by atoms with Crippen LogP contribution in [0.4, 0.5) is 0 Å². The Labute approximate surface area is 165 Å². The average Bonchev–Trinajstić information content (AvgIpc) is 3.07. The molecule has 2 aliphatic carbocycles. The number of hydrogen-bond donors (Lipinski definition) is 0. The highest BCUT2D eigenvalue weighted by molar-refractivity contribution is 5.76. The van der Waals surface area contributed by atoms with Gasteiger partial charge in [-0.05, 0) is 62.0 Å². The molecule has 4 aliphatic rings. The van der Waals surface area contributed by atoms with E-state index in [0.29, 0.717) is 36.6 Å². The van der Waals surface area contributed by atoms with Gasteiger partial charge in [-0.3, -0.25) is 4.79 Å². The number of carbonyl (C=O) groups excluding carboxylic acids is 1. The number of rotatable bonds is 6. The van der Waals surface area contributed by atoms with Gasteiger partial charge in [-0.15, -0.1) is 10.2 Å². The van der Waals surface area contributed by atoms with E-state index < -0.39 is 0 Å². The molecule has 3 heterocycles. The molecule has 2 saturated carbocycles. The molecule has 2 saturated heterocycles. The number of aromatic nitrogens is 2. The van der Waals surface area contributed by atoms with Crippen molar-refractivity contribution in [2.75, 3.05) is 6.54 Å². The number of para-hydroxylation sites is 1. The van der Waals surface area contributed by atoms with E-state index in [1.165, 1.54) is 32.1 Å². The van der Waals surface area contributed by atoms with Gasteiger partial charge in [0.25, 0.3) is 5.89 Å². The molecule has 4 bridgehead atoms. The number of benzene rings is 1. The number of aryl methyl sites for hydroxylation is 1. The number of hydrogen-bond acceptors (Lipinski definition) is 5. The van der Waals surface area contributed by atoms with E-state index in [1.807, 2.05) is 30.3 Å². The highest BCUT2D eigenvalue weighted by atomic mass is 16.5. The van der Waals surface area contributed by atoms with E-state index in [4.69, 9.17) is 9.15 Å². The zero-order chi connectivity index (χ0) is 18.9. The molecule has 1 aromatic heterocycles. The van der Waals surface area contributed by atoms with Crippen LogP contribution in [0.2, 0.25) is 0 Å². The van der Waals surface area contributed by atoms with Crippen molar-refractivity contribution in [3.05, 3.63) is 42.1 Å². The molecule has 0 radical (unpaired) electrons. The fraction of sp³-hybridized carbons (Fsp3) is 0.591. The van der Waals surface area contributed by atoms with Crippen molar-refractivity contribution in [2.24, 2.45) is 17.8 Å². The monoisotopic (exact) mass is 381 g/mol. The van der Waals surface area contributed by atoms with Crippen LogP contribution in [0.25, 0.3) is 0 Å². The predicted octanol–water partition coefficient (Wildman–Crippen LogP) is 3.62. The fourth-order valence-corrected chi connectivity index (χ4v) is 5.56. The van der Waals surface area contributed by atoms with Crippen LogP contribution >= 0.6 is 0 Å². The Morgan fingerprint density at radius 3 is 2.50 bits per heavy atom. The zero-order valence-corrected chi connectivity index (χ0v) is 16.1.